The number of hydrogen-bond donors (Lipinski definition) is 0. The van der Waals surface area contributed by atoms with E-state index < -0.39 is 0 Å². The molecule has 0 aliphatic carbocycles. The van der Waals surface area contributed by atoms with Crippen LogP contribution in [0.4, 0.5) is 0 Å². The standard InChI is InChI=1S/C13H18N/c1-9-10(2)14(4)11(3)13-8-6-5-7-12(9)13/h5-10H,1-4H3/q+1. The molecule has 0 spiro atoms. The van der Waals surface area contributed by atoms with Crippen LogP contribution in [0.15, 0.2) is 24.3 Å². The summed E-state index contributed by atoms with van der Waals surface area (Å²) in [6.45, 7) is 6.82. The summed E-state index contributed by atoms with van der Waals surface area (Å²) in [5.41, 5.74) is 4.31. The quantitative estimate of drug-likeness (QED) is 0.551. The molecule has 0 N–H and O–H groups in total. The number of benzene rings is 1. The van der Waals surface area contributed by atoms with Gasteiger partial charge in [-0.15, -0.1) is 0 Å². The van der Waals surface area contributed by atoms with Gasteiger partial charge in [-0.2, -0.15) is 0 Å². The zero-order chi connectivity index (χ0) is 10.3. The highest BCUT2D eigenvalue weighted by Crippen LogP contribution is 2.28. The van der Waals surface area contributed by atoms with Gasteiger partial charge in [-0.1, -0.05) is 25.1 Å². The summed E-state index contributed by atoms with van der Waals surface area (Å²) in [6.07, 6.45) is 0. The van der Waals surface area contributed by atoms with E-state index in [1.807, 2.05) is 0 Å². The van der Waals surface area contributed by atoms with Crippen LogP contribution in [0, 0.1) is 0 Å². The normalized spacial score (nSPS) is 26.3. The second kappa shape index (κ2) is 3.23. The number of rotatable bonds is 0. The molecule has 0 aromatic heterocycles. The van der Waals surface area contributed by atoms with Gasteiger partial charge in [0.15, 0.2) is 11.8 Å². The molecule has 0 fully saturated rings. The predicted octanol–water partition coefficient (Wildman–Crippen LogP) is 2.64. The van der Waals surface area contributed by atoms with E-state index in [-0.39, 0.29) is 0 Å². The fraction of sp³-hybridized carbons (Fsp3) is 0.462. The smallest absolute Gasteiger partial charge is 0.180 e. The Bertz CT molecular complexity index is 390. The number of fused-ring (bicyclic) bond motifs is 1. The van der Waals surface area contributed by atoms with Gasteiger partial charge < -0.3 is 0 Å². The first kappa shape index (κ1) is 9.45. The second-order valence-corrected chi connectivity index (χ2v) is 4.31. The third-order valence-electron chi connectivity index (χ3n) is 3.70. The summed E-state index contributed by atoms with van der Waals surface area (Å²) in [6, 6.07) is 9.35. The Kier molecular flexibility index (Phi) is 2.18. The molecule has 1 nitrogen and oxygen atoms in total. The van der Waals surface area contributed by atoms with Gasteiger partial charge >= 0.3 is 0 Å². The van der Waals surface area contributed by atoms with E-state index >= 15 is 0 Å². The maximum Gasteiger partial charge on any atom is 0.180 e. The van der Waals surface area contributed by atoms with Crippen molar-refractivity contribution in [3.8, 4) is 0 Å². The van der Waals surface area contributed by atoms with Crippen molar-refractivity contribution in [3.63, 3.8) is 0 Å². The fourth-order valence-corrected chi connectivity index (χ4v) is 2.31. The highest BCUT2D eigenvalue weighted by molar-refractivity contribution is 5.97. The van der Waals surface area contributed by atoms with Crippen molar-refractivity contribution in [1.29, 1.82) is 0 Å². The zero-order valence-electron chi connectivity index (χ0n) is 9.41. The molecular formula is C13H18N+. The lowest BCUT2D eigenvalue weighted by Crippen LogP contribution is -2.35. The van der Waals surface area contributed by atoms with Crippen molar-refractivity contribution in [2.75, 3.05) is 7.05 Å². The van der Waals surface area contributed by atoms with Gasteiger partial charge in [0.05, 0.1) is 0 Å². The maximum atomic E-state index is 2.38. The molecule has 1 aromatic carbocycles. The Morgan fingerprint density at radius 1 is 1.14 bits per heavy atom. The monoisotopic (exact) mass is 188 g/mol. The topological polar surface area (TPSA) is 3.01 Å². The van der Waals surface area contributed by atoms with E-state index in [4.69, 9.17) is 0 Å². The van der Waals surface area contributed by atoms with Crippen LogP contribution in [0.5, 0.6) is 0 Å². The highest BCUT2D eigenvalue weighted by atomic mass is 15.0. The number of nitrogens with zero attached hydrogens (tertiary/aromatic N) is 1. The van der Waals surface area contributed by atoms with Crippen LogP contribution in [0.25, 0.3) is 0 Å². The molecule has 2 unspecified atom stereocenters. The molecule has 14 heavy (non-hydrogen) atoms. The van der Waals surface area contributed by atoms with Crippen LogP contribution in [0.1, 0.15) is 37.8 Å². The van der Waals surface area contributed by atoms with Gasteiger partial charge in [-0.25, -0.2) is 4.58 Å². The van der Waals surface area contributed by atoms with Gasteiger partial charge in [-0.3, -0.25) is 0 Å². The molecule has 74 valence electrons. The molecule has 0 saturated heterocycles. The maximum absolute atomic E-state index is 2.38. The zero-order valence-corrected chi connectivity index (χ0v) is 9.41. The minimum absolute atomic E-state index is 0.602. The summed E-state index contributed by atoms with van der Waals surface area (Å²) in [7, 11) is 2.19. The molecule has 1 aliphatic heterocycles. The summed E-state index contributed by atoms with van der Waals surface area (Å²) in [4.78, 5) is 0. The summed E-state index contributed by atoms with van der Waals surface area (Å²) in [5.74, 6) is 0.625. The van der Waals surface area contributed by atoms with Crippen LogP contribution < -0.4 is 0 Å². The van der Waals surface area contributed by atoms with E-state index in [9.17, 15) is 0 Å². The Morgan fingerprint density at radius 3 is 2.50 bits per heavy atom. The third kappa shape index (κ3) is 1.19. The van der Waals surface area contributed by atoms with Crippen LogP contribution in [0.3, 0.4) is 0 Å². The van der Waals surface area contributed by atoms with Gasteiger partial charge in [0.1, 0.15) is 7.05 Å². The number of likely N-dealkylation sites (N-methyl/N-ethyl adjacent to an activating group) is 1. The largest absolute Gasteiger partial charge is 0.233 e. The Labute approximate surface area is 86.1 Å². The minimum atomic E-state index is 0.602. The Morgan fingerprint density at radius 2 is 1.79 bits per heavy atom. The van der Waals surface area contributed by atoms with Crippen LogP contribution in [0.2, 0.25) is 0 Å². The lowest BCUT2D eigenvalue weighted by molar-refractivity contribution is -0.539. The van der Waals surface area contributed by atoms with E-state index in [1.54, 1.807) is 0 Å². The molecule has 0 saturated carbocycles. The molecule has 2 atom stereocenters. The van der Waals surface area contributed by atoms with Crippen LogP contribution in [-0.4, -0.2) is 23.4 Å². The average Bonchev–Trinajstić information content (AvgIpc) is 2.23. The molecule has 1 aliphatic rings. The van der Waals surface area contributed by atoms with Crippen molar-refractivity contribution in [2.24, 2.45) is 0 Å². The Hall–Kier alpha value is -1.11. The van der Waals surface area contributed by atoms with Crippen molar-refractivity contribution in [1.82, 2.24) is 0 Å². The highest BCUT2D eigenvalue weighted by Gasteiger charge is 2.31. The third-order valence-corrected chi connectivity index (χ3v) is 3.70. The van der Waals surface area contributed by atoms with Gasteiger partial charge in [0.2, 0.25) is 0 Å². The molecular weight excluding hydrogens is 170 g/mol. The van der Waals surface area contributed by atoms with Gasteiger partial charge in [-0.05, 0) is 18.6 Å². The van der Waals surface area contributed by atoms with Crippen molar-refractivity contribution in [3.05, 3.63) is 35.4 Å². The average molecular weight is 188 g/mol. The first-order valence-electron chi connectivity index (χ1n) is 5.28. The molecule has 1 heterocycles. The number of hydrogen-bond acceptors (Lipinski definition) is 0. The van der Waals surface area contributed by atoms with E-state index in [2.05, 4.69) is 56.7 Å². The molecule has 1 heteroatoms. The lowest BCUT2D eigenvalue weighted by Gasteiger charge is -2.25. The van der Waals surface area contributed by atoms with Crippen molar-refractivity contribution in [2.45, 2.75) is 32.7 Å². The minimum Gasteiger partial charge on any atom is -0.233 e. The van der Waals surface area contributed by atoms with Crippen molar-refractivity contribution >= 4 is 5.71 Å². The summed E-state index contributed by atoms with van der Waals surface area (Å²) in [5, 5.41) is 0. The first-order valence-corrected chi connectivity index (χ1v) is 5.28. The molecule has 0 radical (unpaired) electrons. The first-order chi connectivity index (χ1) is 6.63. The molecule has 2 rings (SSSR count). The van der Waals surface area contributed by atoms with Gasteiger partial charge in [0, 0.05) is 18.4 Å². The van der Waals surface area contributed by atoms with Crippen molar-refractivity contribution < 1.29 is 4.58 Å². The summed E-state index contributed by atoms with van der Waals surface area (Å²) >= 11 is 0. The lowest BCUT2D eigenvalue weighted by atomic mass is 9.85. The SMILES string of the molecule is CC1=[N+](C)C(C)C(C)c2ccccc21. The molecule has 0 bridgehead atoms. The fourth-order valence-electron chi connectivity index (χ4n) is 2.31. The van der Waals surface area contributed by atoms with Gasteiger partial charge in [0.25, 0.3) is 0 Å². The molecule has 0 amide bonds. The second-order valence-electron chi connectivity index (χ2n) is 4.31. The van der Waals surface area contributed by atoms with Crippen LogP contribution >= 0.6 is 0 Å². The van der Waals surface area contributed by atoms with E-state index in [1.165, 1.54) is 16.8 Å². The van der Waals surface area contributed by atoms with Crippen LogP contribution in [-0.2, 0) is 0 Å². The Balaban J connectivity index is 2.65. The predicted molar refractivity (Wildman–Crippen MR) is 60.3 cm³/mol. The van der Waals surface area contributed by atoms with E-state index in [0.717, 1.165) is 0 Å². The molecule has 1 aromatic rings. The summed E-state index contributed by atoms with van der Waals surface area (Å²) < 4.78 is 2.38. The van der Waals surface area contributed by atoms with E-state index in [0.29, 0.717) is 12.0 Å².